The number of aliphatic hydroxyl groups is 1. The summed E-state index contributed by atoms with van der Waals surface area (Å²) in [7, 11) is 1.53. The number of ether oxygens (including phenoxy) is 1. The summed E-state index contributed by atoms with van der Waals surface area (Å²) in [5.74, 6) is 0.296. The molecule has 2 aromatic rings. The summed E-state index contributed by atoms with van der Waals surface area (Å²) in [5.41, 5.74) is 0.363. The van der Waals surface area contributed by atoms with Gasteiger partial charge in [0.25, 0.3) is 5.91 Å². The first-order valence-electron chi connectivity index (χ1n) is 6.62. The van der Waals surface area contributed by atoms with Crippen molar-refractivity contribution < 1.29 is 19.2 Å². The van der Waals surface area contributed by atoms with Crippen LogP contribution in [0.5, 0.6) is 0 Å². The maximum atomic E-state index is 11.9. The molecule has 1 unspecified atom stereocenters. The van der Waals surface area contributed by atoms with Crippen molar-refractivity contribution in [3.63, 3.8) is 0 Å². The third-order valence-corrected chi connectivity index (χ3v) is 3.21. The molecule has 0 aliphatic heterocycles. The van der Waals surface area contributed by atoms with Gasteiger partial charge in [0.05, 0.1) is 0 Å². The van der Waals surface area contributed by atoms with E-state index in [1.54, 1.807) is 24.3 Å². The molecule has 0 saturated carbocycles. The van der Waals surface area contributed by atoms with Crippen LogP contribution in [0.4, 0.5) is 0 Å². The van der Waals surface area contributed by atoms with Gasteiger partial charge in [0.2, 0.25) is 5.89 Å². The molecule has 2 N–H and O–H groups in total. The standard InChI is InChI=1S/C14H16ClN3O4/c1-21-8-11-17-12(22-18-11)6-7-16-14(20)13(19)9-4-2-3-5-10(9)15/h2-5,13,19H,6-8H2,1H3,(H,16,20). The van der Waals surface area contributed by atoms with E-state index >= 15 is 0 Å². The Morgan fingerprint density at radius 3 is 3.00 bits per heavy atom. The van der Waals surface area contributed by atoms with Crippen LogP contribution >= 0.6 is 11.6 Å². The van der Waals surface area contributed by atoms with E-state index in [0.717, 1.165) is 0 Å². The van der Waals surface area contributed by atoms with Crippen LogP contribution in [-0.4, -0.2) is 34.8 Å². The maximum Gasteiger partial charge on any atom is 0.253 e. The molecule has 0 aliphatic rings. The number of halogens is 1. The Bertz CT molecular complexity index is 632. The Hall–Kier alpha value is -1.96. The Balaban J connectivity index is 1.83. The van der Waals surface area contributed by atoms with E-state index in [0.29, 0.717) is 28.7 Å². The fourth-order valence-corrected chi connectivity index (χ4v) is 2.05. The first-order chi connectivity index (χ1) is 10.6. The second-order valence-electron chi connectivity index (χ2n) is 4.50. The molecule has 0 spiro atoms. The lowest BCUT2D eigenvalue weighted by molar-refractivity contribution is -0.129. The Kier molecular flexibility index (Phi) is 5.88. The summed E-state index contributed by atoms with van der Waals surface area (Å²) < 4.78 is 9.86. The molecule has 0 aliphatic carbocycles. The van der Waals surface area contributed by atoms with Crippen molar-refractivity contribution in [1.82, 2.24) is 15.5 Å². The van der Waals surface area contributed by atoms with Crippen LogP contribution in [0.25, 0.3) is 0 Å². The van der Waals surface area contributed by atoms with Crippen LogP contribution in [0.15, 0.2) is 28.8 Å². The number of aliphatic hydroxyl groups excluding tert-OH is 1. The summed E-state index contributed by atoms with van der Waals surface area (Å²) in [4.78, 5) is 16.0. The molecule has 1 aromatic heterocycles. The highest BCUT2D eigenvalue weighted by atomic mass is 35.5. The molecule has 1 amide bonds. The Labute approximate surface area is 132 Å². The molecule has 0 bridgehead atoms. The zero-order chi connectivity index (χ0) is 15.9. The van der Waals surface area contributed by atoms with Crippen molar-refractivity contribution in [2.75, 3.05) is 13.7 Å². The molecule has 0 saturated heterocycles. The minimum absolute atomic E-state index is 0.259. The molecule has 0 radical (unpaired) electrons. The van der Waals surface area contributed by atoms with Gasteiger partial charge in [0.15, 0.2) is 11.9 Å². The van der Waals surface area contributed by atoms with Gasteiger partial charge in [-0.05, 0) is 6.07 Å². The smallest absolute Gasteiger partial charge is 0.253 e. The van der Waals surface area contributed by atoms with Crippen LogP contribution in [0.2, 0.25) is 5.02 Å². The predicted octanol–water partition coefficient (Wildman–Crippen LogP) is 1.26. The van der Waals surface area contributed by atoms with E-state index in [1.165, 1.54) is 7.11 Å². The van der Waals surface area contributed by atoms with E-state index in [4.69, 9.17) is 20.9 Å². The highest BCUT2D eigenvalue weighted by Crippen LogP contribution is 2.22. The van der Waals surface area contributed by atoms with Crippen LogP contribution in [0.1, 0.15) is 23.4 Å². The van der Waals surface area contributed by atoms with E-state index in [9.17, 15) is 9.90 Å². The highest BCUT2D eigenvalue weighted by Gasteiger charge is 2.19. The monoisotopic (exact) mass is 325 g/mol. The Morgan fingerprint density at radius 1 is 1.50 bits per heavy atom. The zero-order valence-corrected chi connectivity index (χ0v) is 12.7. The number of hydrogen-bond donors (Lipinski definition) is 2. The van der Waals surface area contributed by atoms with Crippen LogP contribution < -0.4 is 5.32 Å². The molecule has 2 rings (SSSR count). The number of benzene rings is 1. The van der Waals surface area contributed by atoms with Gasteiger partial charge in [-0.15, -0.1) is 0 Å². The van der Waals surface area contributed by atoms with Gasteiger partial charge < -0.3 is 19.7 Å². The van der Waals surface area contributed by atoms with E-state index in [-0.39, 0.29) is 13.2 Å². The molecule has 1 aromatic carbocycles. The lowest BCUT2D eigenvalue weighted by Gasteiger charge is -2.12. The number of amides is 1. The largest absolute Gasteiger partial charge is 0.378 e. The van der Waals surface area contributed by atoms with Crippen molar-refractivity contribution >= 4 is 17.5 Å². The Morgan fingerprint density at radius 2 is 2.27 bits per heavy atom. The quantitative estimate of drug-likeness (QED) is 0.795. The van der Waals surface area contributed by atoms with Gasteiger partial charge in [0, 0.05) is 30.7 Å². The third kappa shape index (κ3) is 4.27. The molecule has 22 heavy (non-hydrogen) atoms. The van der Waals surface area contributed by atoms with Crippen molar-refractivity contribution in [1.29, 1.82) is 0 Å². The number of aromatic nitrogens is 2. The fourth-order valence-electron chi connectivity index (χ4n) is 1.81. The lowest BCUT2D eigenvalue weighted by atomic mass is 10.1. The topological polar surface area (TPSA) is 97.5 Å². The van der Waals surface area contributed by atoms with Gasteiger partial charge in [-0.3, -0.25) is 4.79 Å². The van der Waals surface area contributed by atoms with E-state index in [1.807, 2.05) is 0 Å². The average Bonchev–Trinajstić information content (AvgIpc) is 2.95. The predicted molar refractivity (Wildman–Crippen MR) is 78.1 cm³/mol. The molecular weight excluding hydrogens is 310 g/mol. The van der Waals surface area contributed by atoms with Gasteiger partial charge >= 0.3 is 0 Å². The molecule has 8 heteroatoms. The molecular formula is C14H16ClN3O4. The van der Waals surface area contributed by atoms with Gasteiger partial charge in [-0.25, -0.2) is 0 Å². The molecule has 1 heterocycles. The number of methoxy groups -OCH3 is 1. The van der Waals surface area contributed by atoms with Gasteiger partial charge in [0.1, 0.15) is 6.61 Å². The molecule has 118 valence electrons. The van der Waals surface area contributed by atoms with Gasteiger partial charge in [-0.2, -0.15) is 4.98 Å². The number of rotatable bonds is 7. The number of nitrogens with one attached hydrogen (secondary N) is 1. The number of nitrogens with zero attached hydrogens (tertiary/aromatic N) is 2. The first-order valence-corrected chi connectivity index (χ1v) is 7.00. The molecule has 1 atom stereocenters. The maximum absolute atomic E-state index is 11.9. The highest BCUT2D eigenvalue weighted by molar-refractivity contribution is 6.31. The number of carbonyl (C=O) groups excluding carboxylic acids is 1. The summed E-state index contributed by atoms with van der Waals surface area (Å²) in [6, 6.07) is 6.64. The van der Waals surface area contributed by atoms with Crippen molar-refractivity contribution in [3.8, 4) is 0 Å². The normalized spacial score (nSPS) is 12.1. The average molecular weight is 326 g/mol. The number of carbonyl (C=O) groups is 1. The minimum Gasteiger partial charge on any atom is -0.378 e. The summed E-state index contributed by atoms with van der Waals surface area (Å²) in [6.07, 6.45) is -0.960. The van der Waals surface area contributed by atoms with Crippen LogP contribution in [0.3, 0.4) is 0 Å². The second-order valence-corrected chi connectivity index (χ2v) is 4.91. The van der Waals surface area contributed by atoms with E-state index < -0.39 is 12.0 Å². The summed E-state index contributed by atoms with van der Waals surface area (Å²) >= 11 is 5.94. The first kappa shape index (κ1) is 16.4. The van der Waals surface area contributed by atoms with E-state index in [2.05, 4.69) is 15.5 Å². The number of hydrogen-bond acceptors (Lipinski definition) is 6. The van der Waals surface area contributed by atoms with Crippen LogP contribution in [0, 0.1) is 0 Å². The fraction of sp³-hybridized carbons (Fsp3) is 0.357. The second kappa shape index (κ2) is 7.88. The summed E-state index contributed by atoms with van der Waals surface area (Å²) in [5, 5.41) is 16.6. The SMILES string of the molecule is COCc1noc(CCNC(=O)C(O)c2ccccc2Cl)n1. The molecule has 7 nitrogen and oxygen atoms in total. The van der Waals surface area contributed by atoms with Crippen LogP contribution in [-0.2, 0) is 22.6 Å². The lowest BCUT2D eigenvalue weighted by Crippen LogP contribution is -2.31. The van der Waals surface area contributed by atoms with Crippen molar-refractivity contribution in [3.05, 3.63) is 46.6 Å². The van der Waals surface area contributed by atoms with Gasteiger partial charge in [-0.1, -0.05) is 35.0 Å². The summed E-state index contributed by atoms with van der Waals surface area (Å²) in [6.45, 7) is 0.524. The molecule has 0 fully saturated rings. The third-order valence-electron chi connectivity index (χ3n) is 2.87. The minimum atomic E-state index is -1.32. The van der Waals surface area contributed by atoms with Crippen molar-refractivity contribution in [2.45, 2.75) is 19.1 Å². The van der Waals surface area contributed by atoms with Crippen molar-refractivity contribution in [2.24, 2.45) is 0 Å². The zero-order valence-electron chi connectivity index (χ0n) is 12.0.